The van der Waals surface area contributed by atoms with Crippen LogP contribution in [0.5, 0.6) is 0 Å². The van der Waals surface area contributed by atoms with Gasteiger partial charge in [-0.2, -0.15) is 0 Å². The van der Waals surface area contributed by atoms with Gasteiger partial charge < -0.3 is 5.32 Å². The monoisotopic (exact) mass is 218 g/mol. The Labute approximate surface area is 90.4 Å². The first-order valence-corrected chi connectivity index (χ1v) is 4.72. The molecule has 2 rings (SSSR count). The Morgan fingerprint density at radius 2 is 1.94 bits per heavy atom. The van der Waals surface area contributed by atoms with Gasteiger partial charge >= 0.3 is 5.69 Å². The number of nitrogens with one attached hydrogen (secondary N) is 3. The van der Waals surface area contributed by atoms with Crippen molar-refractivity contribution in [3.05, 3.63) is 56.7 Å². The van der Waals surface area contributed by atoms with Crippen LogP contribution in [0.2, 0.25) is 0 Å². The summed E-state index contributed by atoms with van der Waals surface area (Å²) in [5.74, 6) is 0.100. The van der Waals surface area contributed by atoms with E-state index in [1.165, 1.54) is 0 Å². The zero-order valence-corrected chi connectivity index (χ0v) is 8.36. The molecule has 1 heterocycles. The van der Waals surface area contributed by atoms with Crippen molar-refractivity contribution in [2.24, 2.45) is 0 Å². The van der Waals surface area contributed by atoms with E-state index in [-0.39, 0.29) is 5.82 Å². The molecule has 0 bridgehead atoms. The van der Waals surface area contributed by atoms with Crippen molar-refractivity contribution < 1.29 is 0 Å². The lowest BCUT2D eigenvalue weighted by molar-refractivity contribution is 0.883. The summed E-state index contributed by atoms with van der Waals surface area (Å²) in [5.41, 5.74) is -0.121. The summed E-state index contributed by atoms with van der Waals surface area (Å²) >= 11 is 0. The van der Waals surface area contributed by atoms with Crippen LogP contribution in [-0.2, 0) is 6.54 Å². The van der Waals surface area contributed by atoms with Crippen molar-refractivity contribution >= 4 is 5.82 Å². The van der Waals surface area contributed by atoms with Gasteiger partial charge in [-0.25, -0.2) is 9.89 Å². The molecule has 0 spiro atoms. The first-order valence-electron chi connectivity index (χ1n) is 4.72. The van der Waals surface area contributed by atoms with Gasteiger partial charge in [0.15, 0.2) is 0 Å². The Kier molecular flexibility index (Phi) is 2.81. The number of anilines is 1. The molecule has 16 heavy (non-hydrogen) atoms. The molecule has 0 unspecified atom stereocenters. The van der Waals surface area contributed by atoms with Crippen LogP contribution >= 0.6 is 0 Å². The number of nitrogens with zero attached hydrogens (tertiary/aromatic N) is 1. The minimum Gasteiger partial charge on any atom is -0.360 e. The van der Waals surface area contributed by atoms with E-state index in [0.717, 1.165) is 5.56 Å². The van der Waals surface area contributed by atoms with Gasteiger partial charge in [-0.3, -0.25) is 9.78 Å². The minimum atomic E-state index is -0.615. The summed E-state index contributed by atoms with van der Waals surface area (Å²) in [5, 5.41) is 8.59. The molecule has 0 aliphatic heterocycles. The largest absolute Gasteiger partial charge is 0.360 e. The summed E-state index contributed by atoms with van der Waals surface area (Å²) < 4.78 is 0. The van der Waals surface area contributed by atoms with Crippen LogP contribution in [0, 0.1) is 0 Å². The Hall–Kier alpha value is -2.37. The third-order valence-electron chi connectivity index (χ3n) is 2.01. The number of rotatable bonds is 3. The fraction of sp³-hybridized carbons (Fsp3) is 0.100. The van der Waals surface area contributed by atoms with Crippen LogP contribution in [0.3, 0.4) is 0 Å². The van der Waals surface area contributed by atoms with Gasteiger partial charge in [0.05, 0.1) is 0 Å². The number of aromatic nitrogens is 3. The summed E-state index contributed by atoms with van der Waals surface area (Å²) in [4.78, 5) is 24.1. The SMILES string of the molecule is O=c1[nH]nc(NCc2ccccc2)c(=O)[nH]1. The number of aromatic amines is 2. The molecule has 82 valence electrons. The van der Waals surface area contributed by atoms with E-state index < -0.39 is 11.2 Å². The summed E-state index contributed by atoms with van der Waals surface area (Å²) in [6.45, 7) is 0.475. The molecule has 6 heteroatoms. The maximum absolute atomic E-state index is 11.3. The van der Waals surface area contributed by atoms with Crippen LogP contribution in [0.15, 0.2) is 39.9 Å². The fourth-order valence-corrected chi connectivity index (χ4v) is 1.25. The smallest absolute Gasteiger partial charge is 0.342 e. The normalized spacial score (nSPS) is 10.0. The van der Waals surface area contributed by atoms with Crippen molar-refractivity contribution in [1.29, 1.82) is 0 Å². The molecule has 1 aromatic carbocycles. The summed E-state index contributed by atoms with van der Waals surface area (Å²) in [7, 11) is 0. The highest BCUT2D eigenvalue weighted by atomic mass is 16.2. The van der Waals surface area contributed by atoms with E-state index in [0.29, 0.717) is 6.54 Å². The highest BCUT2D eigenvalue weighted by Crippen LogP contribution is 2.00. The molecule has 0 saturated carbocycles. The van der Waals surface area contributed by atoms with Gasteiger partial charge in [0, 0.05) is 6.54 Å². The van der Waals surface area contributed by atoms with Crippen molar-refractivity contribution in [1.82, 2.24) is 15.2 Å². The lowest BCUT2D eigenvalue weighted by Crippen LogP contribution is -2.26. The zero-order chi connectivity index (χ0) is 11.4. The zero-order valence-electron chi connectivity index (χ0n) is 8.36. The maximum Gasteiger partial charge on any atom is 0.342 e. The third-order valence-corrected chi connectivity index (χ3v) is 2.01. The Bertz CT molecular complexity index is 573. The predicted octanol–water partition coefficient (Wildman–Crippen LogP) is 0.0703. The Balaban J connectivity index is 2.11. The minimum absolute atomic E-state index is 0.100. The fourth-order valence-electron chi connectivity index (χ4n) is 1.25. The molecule has 6 nitrogen and oxygen atoms in total. The molecular weight excluding hydrogens is 208 g/mol. The molecule has 0 aliphatic rings. The molecular formula is C10H10N4O2. The average molecular weight is 218 g/mol. The quantitative estimate of drug-likeness (QED) is 0.680. The van der Waals surface area contributed by atoms with E-state index in [4.69, 9.17) is 0 Å². The van der Waals surface area contributed by atoms with E-state index in [1.54, 1.807) is 0 Å². The first-order chi connectivity index (χ1) is 7.75. The van der Waals surface area contributed by atoms with Gasteiger partial charge in [0.2, 0.25) is 5.82 Å². The number of hydrogen-bond acceptors (Lipinski definition) is 4. The lowest BCUT2D eigenvalue weighted by Gasteiger charge is -2.03. The van der Waals surface area contributed by atoms with E-state index in [1.807, 2.05) is 30.3 Å². The van der Waals surface area contributed by atoms with E-state index in [2.05, 4.69) is 20.5 Å². The second-order valence-electron chi connectivity index (χ2n) is 3.19. The highest BCUT2D eigenvalue weighted by molar-refractivity contribution is 5.30. The molecule has 0 fully saturated rings. The molecule has 0 aliphatic carbocycles. The second kappa shape index (κ2) is 4.43. The van der Waals surface area contributed by atoms with Crippen molar-refractivity contribution in [2.45, 2.75) is 6.54 Å². The van der Waals surface area contributed by atoms with Gasteiger partial charge in [0.25, 0.3) is 5.56 Å². The van der Waals surface area contributed by atoms with Gasteiger partial charge in [0.1, 0.15) is 0 Å². The van der Waals surface area contributed by atoms with Crippen LogP contribution in [-0.4, -0.2) is 15.2 Å². The van der Waals surface area contributed by atoms with Gasteiger partial charge in [-0.05, 0) is 5.56 Å². The average Bonchev–Trinajstić information content (AvgIpc) is 2.29. The number of hydrogen-bond donors (Lipinski definition) is 3. The maximum atomic E-state index is 11.3. The van der Waals surface area contributed by atoms with Crippen molar-refractivity contribution in [3.63, 3.8) is 0 Å². The van der Waals surface area contributed by atoms with Crippen LogP contribution < -0.4 is 16.6 Å². The predicted molar refractivity (Wildman–Crippen MR) is 59.2 cm³/mol. The van der Waals surface area contributed by atoms with Crippen LogP contribution in [0.25, 0.3) is 0 Å². The summed E-state index contributed by atoms with van der Waals surface area (Å²) in [6, 6.07) is 9.57. The lowest BCUT2D eigenvalue weighted by atomic mass is 10.2. The topological polar surface area (TPSA) is 90.6 Å². The van der Waals surface area contributed by atoms with Crippen molar-refractivity contribution in [2.75, 3.05) is 5.32 Å². The highest BCUT2D eigenvalue weighted by Gasteiger charge is 2.00. The second-order valence-corrected chi connectivity index (χ2v) is 3.19. The molecule has 3 N–H and O–H groups in total. The third kappa shape index (κ3) is 2.35. The number of benzene rings is 1. The molecule has 0 saturated heterocycles. The molecule has 0 amide bonds. The van der Waals surface area contributed by atoms with Crippen LogP contribution in [0.1, 0.15) is 5.56 Å². The molecule has 2 aromatic rings. The summed E-state index contributed by atoms with van der Waals surface area (Å²) in [6.07, 6.45) is 0. The van der Waals surface area contributed by atoms with Crippen LogP contribution in [0.4, 0.5) is 5.82 Å². The molecule has 0 radical (unpaired) electrons. The van der Waals surface area contributed by atoms with Gasteiger partial charge in [-0.1, -0.05) is 30.3 Å². The Morgan fingerprint density at radius 1 is 1.19 bits per heavy atom. The van der Waals surface area contributed by atoms with Gasteiger partial charge in [-0.15, -0.1) is 5.10 Å². The van der Waals surface area contributed by atoms with Crippen molar-refractivity contribution in [3.8, 4) is 0 Å². The van der Waals surface area contributed by atoms with E-state index >= 15 is 0 Å². The van der Waals surface area contributed by atoms with E-state index in [9.17, 15) is 9.59 Å². The standard InChI is InChI=1S/C10H10N4O2/c15-9-8(13-14-10(16)12-9)11-6-7-4-2-1-3-5-7/h1-5H,6H2,(H,11,13)(H2,12,14,15,16). The Morgan fingerprint density at radius 3 is 2.62 bits per heavy atom. The molecule has 0 atom stereocenters. The first kappa shape index (κ1) is 10.2. The number of H-pyrrole nitrogens is 2. The molecule has 1 aromatic heterocycles.